The van der Waals surface area contributed by atoms with Crippen LogP contribution >= 0.6 is 0 Å². The molecule has 0 bridgehead atoms. The number of hydrogen-bond acceptors (Lipinski definition) is 4. The van der Waals surface area contributed by atoms with E-state index in [1.165, 1.54) is 0 Å². The Labute approximate surface area is 169 Å². The Hall–Kier alpha value is -1.57. The van der Waals surface area contributed by atoms with Gasteiger partial charge in [0, 0.05) is 11.5 Å². The van der Waals surface area contributed by atoms with Gasteiger partial charge in [0.05, 0.1) is 0 Å². The van der Waals surface area contributed by atoms with Crippen molar-refractivity contribution in [3.05, 3.63) is 12.2 Å². The van der Waals surface area contributed by atoms with Crippen LogP contribution < -0.4 is 0 Å². The molecule has 31 heavy (non-hydrogen) atoms. The fourth-order valence-electron chi connectivity index (χ4n) is 3.98. The monoisotopic (exact) mass is 476 g/mol. The first-order chi connectivity index (χ1) is 13.8. The smallest absolute Gasteiger partial charge is 0.442 e. The third kappa shape index (κ3) is 3.58. The van der Waals surface area contributed by atoms with Gasteiger partial charge in [0.1, 0.15) is 0 Å². The fourth-order valence-corrected chi connectivity index (χ4v) is 3.98. The molecule has 1 aliphatic heterocycles. The van der Waals surface area contributed by atoms with E-state index in [9.17, 15) is 36.2 Å². The molecule has 0 radical (unpaired) electrons. The van der Waals surface area contributed by atoms with Gasteiger partial charge in [0.15, 0.2) is 0 Å². The number of ether oxygens (including phenoxy) is 2. The van der Waals surface area contributed by atoms with Gasteiger partial charge in [0.25, 0.3) is 0 Å². The van der Waals surface area contributed by atoms with Crippen molar-refractivity contribution in [1.82, 2.24) is 0 Å². The fraction of sp³-hybridized carbons (Fsp3) is 0.824. The first kappa shape index (κ1) is 25.7. The highest BCUT2D eigenvalue weighted by Crippen LogP contribution is 2.65. The summed E-state index contributed by atoms with van der Waals surface area (Å²) in [6.07, 6.45) is -19.3. The van der Waals surface area contributed by atoms with Crippen molar-refractivity contribution >= 4 is 5.97 Å². The molecule has 0 aromatic heterocycles. The number of halogens is 10. The lowest BCUT2D eigenvalue weighted by Crippen LogP contribution is -2.85. The highest BCUT2D eigenvalue weighted by molar-refractivity contribution is 5.87. The Morgan fingerprint density at radius 3 is 1.90 bits per heavy atom. The predicted molar refractivity (Wildman–Crippen MR) is 82.0 cm³/mol. The Kier molecular flexibility index (Phi) is 6.21. The third-order valence-corrected chi connectivity index (χ3v) is 5.47. The predicted octanol–water partition coefficient (Wildman–Crippen LogP) is 4.91. The quantitative estimate of drug-likeness (QED) is 0.358. The largest absolute Gasteiger partial charge is 0.449 e. The normalized spacial score (nSPS) is 34.3. The van der Waals surface area contributed by atoms with Crippen LogP contribution in [0, 0.1) is 5.92 Å². The average molecular weight is 476 g/mol. The highest BCUT2D eigenvalue weighted by atomic mass is 19.4. The van der Waals surface area contributed by atoms with Crippen LogP contribution in [0.4, 0.5) is 43.9 Å². The number of carbonyl (C=O) groups excluding carboxylic acids is 1. The second-order valence-electron chi connectivity index (χ2n) is 7.62. The van der Waals surface area contributed by atoms with Crippen molar-refractivity contribution < 1.29 is 63.3 Å². The van der Waals surface area contributed by atoms with Crippen LogP contribution in [0.3, 0.4) is 0 Å². The Morgan fingerprint density at radius 1 is 1.03 bits per heavy atom. The van der Waals surface area contributed by atoms with Crippen molar-refractivity contribution in [2.75, 3.05) is 0 Å². The topological polar surface area (TPSA) is 55.8 Å². The molecular formula is C17H18F10O4. The van der Waals surface area contributed by atoms with Crippen LogP contribution in [-0.2, 0) is 14.3 Å². The molecule has 1 aliphatic carbocycles. The number of carbonyl (C=O) groups is 1. The lowest BCUT2D eigenvalue weighted by atomic mass is 9.65. The van der Waals surface area contributed by atoms with Gasteiger partial charge in [-0.15, -0.1) is 0 Å². The maximum absolute atomic E-state index is 15.3. The van der Waals surface area contributed by atoms with Crippen molar-refractivity contribution in [3.63, 3.8) is 0 Å². The second-order valence-corrected chi connectivity index (χ2v) is 7.62. The molecule has 1 heterocycles. The summed E-state index contributed by atoms with van der Waals surface area (Å²) in [5, 5.41) is 9.68. The lowest BCUT2D eigenvalue weighted by Gasteiger charge is -2.58. The number of hydrogen-bond donors (Lipinski definition) is 1. The summed E-state index contributed by atoms with van der Waals surface area (Å²) in [7, 11) is 0. The van der Waals surface area contributed by atoms with Crippen LogP contribution in [0.5, 0.6) is 0 Å². The summed E-state index contributed by atoms with van der Waals surface area (Å²) >= 11 is 0. The number of rotatable bonds is 3. The summed E-state index contributed by atoms with van der Waals surface area (Å²) < 4.78 is 148. The van der Waals surface area contributed by atoms with Crippen LogP contribution in [0.15, 0.2) is 12.2 Å². The first-order valence-electron chi connectivity index (χ1n) is 8.95. The summed E-state index contributed by atoms with van der Waals surface area (Å²) in [6.45, 7) is 3.71. The van der Waals surface area contributed by atoms with E-state index in [0.717, 1.165) is 6.92 Å². The summed E-state index contributed by atoms with van der Waals surface area (Å²) in [6, 6.07) is 0. The van der Waals surface area contributed by atoms with E-state index in [2.05, 4.69) is 16.1 Å². The van der Waals surface area contributed by atoms with Crippen LogP contribution in [-0.4, -0.2) is 52.8 Å². The van der Waals surface area contributed by atoms with Gasteiger partial charge in [0.2, 0.25) is 11.7 Å². The number of aliphatic hydroxyl groups is 1. The molecule has 180 valence electrons. The van der Waals surface area contributed by atoms with Crippen LogP contribution in [0.1, 0.15) is 39.0 Å². The zero-order valence-electron chi connectivity index (χ0n) is 15.8. The van der Waals surface area contributed by atoms with Gasteiger partial charge < -0.3 is 14.6 Å². The van der Waals surface area contributed by atoms with Gasteiger partial charge in [-0.3, -0.25) is 0 Å². The van der Waals surface area contributed by atoms with Crippen LogP contribution in [0.25, 0.3) is 0 Å². The molecule has 1 saturated carbocycles. The molecular weight excluding hydrogens is 458 g/mol. The van der Waals surface area contributed by atoms with Gasteiger partial charge in [-0.1, -0.05) is 25.8 Å². The van der Waals surface area contributed by atoms with Crippen LogP contribution in [0.2, 0.25) is 0 Å². The Bertz CT molecular complexity index is 725. The van der Waals surface area contributed by atoms with E-state index in [0.29, 0.717) is 0 Å². The molecule has 3 unspecified atom stereocenters. The SMILES string of the molecule is C=C(C)C(=O)OC1(C2CCCCC2)C(F)(F)C(C(F)(F)F)OC(O)(C(F)(F)F)C1(F)F. The first-order valence-corrected chi connectivity index (χ1v) is 8.95. The molecule has 14 heteroatoms. The minimum atomic E-state index is -6.67. The van der Waals surface area contributed by atoms with Crippen molar-refractivity contribution in [2.24, 2.45) is 5.92 Å². The molecule has 1 saturated heterocycles. The average Bonchev–Trinajstić information content (AvgIpc) is 2.60. The summed E-state index contributed by atoms with van der Waals surface area (Å²) in [4.78, 5) is 12.0. The van der Waals surface area contributed by atoms with Gasteiger partial charge in [-0.2, -0.15) is 43.9 Å². The summed E-state index contributed by atoms with van der Waals surface area (Å²) in [5.41, 5.74) is -5.87. The van der Waals surface area contributed by atoms with Gasteiger partial charge in [-0.25, -0.2) is 4.79 Å². The highest BCUT2D eigenvalue weighted by Gasteiger charge is 2.93. The molecule has 2 aliphatic rings. The second kappa shape index (κ2) is 7.49. The van der Waals surface area contributed by atoms with Crippen molar-refractivity contribution in [1.29, 1.82) is 0 Å². The van der Waals surface area contributed by atoms with E-state index in [1.807, 2.05) is 0 Å². The summed E-state index contributed by atoms with van der Waals surface area (Å²) in [5.74, 6) is -22.6. The molecule has 1 N–H and O–H groups in total. The van der Waals surface area contributed by atoms with E-state index in [-0.39, 0.29) is 19.3 Å². The molecule has 4 nitrogen and oxygen atoms in total. The van der Waals surface area contributed by atoms with Crippen molar-refractivity contribution in [2.45, 2.75) is 80.7 Å². The molecule has 0 aromatic rings. The number of alkyl halides is 10. The minimum absolute atomic E-state index is 0.120. The van der Waals surface area contributed by atoms with E-state index in [4.69, 9.17) is 0 Å². The molecule has 3 atom stereocenters. The van der Waals surface area contributed by atoms with Crippen molar-refractivity contribution in [3.8, 4) is 0 Å². The van der Waals surface area contributed by atoms with Gasteiger partial charge in [-0.05, 0) is 19.8 Å². The standard InChI is InChI=1S/C17H18F10O4/c1-8(2)10(28)30-12(9-6-4-3-5-7-9)13(18,19)11(14(20,21)22)31-16(29,15(12,23)24)17(25,26)27/h9,11,29H,1,3-7H2,2H3. The molecule has 2 rings (SSSR count). The zero-order chi connectivity index (χ0) is 24.3. The Balaban J connectivity index is 2.94. The van der Waals surface area contributed by atoms with E-state index >= 15 is 17.6 Å². The van der Waals surface area contributed by atoms with E-state index < -0.39 is 72.0 Å². The van der Waals surface area contributed by atoms with E-state index in [1.54, 1.807) is 0 Å². The van der Waals surface area contributed by atoms with Gasteiger partial charge >= 0.3 is 36.0 Å². The molecule has 2 fully saturated rings. The molecule has 0 amide bonds. The zero-order valence-corrected chi connectivity index (χ0v) is 15.8. The molecule has 0 aromatic carbocycles. The third-order valence-electron chi connectivity index (χ3n) is 5.47. The minimum Gasteiger partial charge on any atom is -0.442 e. The lowest BCUT2D eigenvalue weighted by molar-refractivity contribution is -0.538. The molecule has 0 spiro atoms. The maximum atomic E-state index is 15.3. The Morgan fingerprint density at radius 2 is 1.52 bits per heavy atom. The maximum Gasteiger partial charge on any atom is 0.449 e. The number of esters is 1.